The Morgan fingerprint density at radius 2 is 2.00 bits per heavy atom. The molecule has 0 amide bonds. The van der Waals surface area contributed by atoms with Gasteiger partial charge in [0.2, 0.25) is 10.0 Å². The number of methoxy groups -OCH3 is 1. The van der Waals surface area contributed by atoms with Gasteiger partial charge in [-0.25, -0.2) is 18.4 Å². The highest BCUT2D eigenvalue weighted by Gasteiger charge is 2.34. The van der Waals surface area contributed by atoms with Gasteiger partial charge in [-0.2, -0.15) is 4.31 Å². The standard InChI is InChI=1S/C16H18ClN3O4S/c1-11-7-14(3-4-15(11)23-2)25(21,22)20-6-5-13(10-20)24-16-18-8-12(17)9-19-16/h3-4,7-9,13H,5-6,10H2,1-2H3. The molecule has 1 aromatic heterocycles. The lowest BCUT2D eigenvalue weighted by Gasteiger charge is -2.17. The van der Waals surface area contributed by atoms with Gasteiger partial charge in [0.05, 0.1) is 36.0 Å². The van der Waals surface area contributed by atoms with Crippen molar-refractivity contribution in [2.45, 2.75) is 24.3 Å². The van der Waals surface area contributed by atoms with E-state index in [9.17, 15) is 8.42 Å². The zero-order valence-corrected chi connectivity index (χ0v) is 15.4. The van der Waals surface area contributed by atoms with Crippen molar-refractivity contribution >= 4 is 21.6 Å². The van der Waals surface area contributed by atoms with Gasteiger partial charge in [0, 0.05) is 6.54 Å². The second kappa shape index (κ2) is 7.15. The van der Waals surface area contributed by atoms with Crippen molar-refractivity contribution in [1.82, 2.24) is 14.3 Å². The Bertz CT molecular complexity index is 858. The number of hydrogen-bond donors (Lipinski definition) is 0. The Hall–Kier alpha value is -1.90. The van der Waals surface area contributed by atoms with Crippen LogP contribution in [0.2, 0.25) is 5.02 Å². The quantitative estimate of drug-likeness (QED) is 0.787. The molecule has 0 radical (unpaired) electrons. The van der Waals surface area contributed by atoms with Gasteiger partial charge in [0.25, 0.3) is 0 Å². The van der Waals surface area contributed by atoms with Crippen LogP contribution < -0.4 is 9.47 Å². The molecule has 25 heavy (non-hydrogen) atoms. The molecule has 134 valence electrons. The minimum Gasteiger partial charge on any atom is -0.496 e. The molecule has 2 aromatic rings. The molecule has 1 aliphatic rings. The molecule has 0 bridgehead atoms. The van der Waals surface area contributed by atoms with Crippen molar-refractivity contribution in [2.24, 2.45) is 0 Å². The van der Waals surface area contributed by atoms with E-state index in [-0.39, 0.29) is 23.6 Å². The highest BCUT2D eigenvalue weighted by molar-refractivity contribution is 7.89. The number of rotatable bonds is 5. The zero-order valence-electron chi connectivity index (χ0n) is 13.8. The van der Waals surface area contributed by atoms with Crippen LogP contribution in [0.3, 0.4) is 0 Å². The van der Waals surface area contributed by atoms with Crippen molar-refractivity contribution in [1.29, 1.82) is 0 Å². The van der Waals surface area contributed by atoms with Gasteiger partial charge < -0.3 is 9.47 Å². The fraction of sp³-hybridized carbons (Fsp3) is 0.375. The first kappa shape index (κ1) is 17.9. The molecular formula is C16H18ClN3O4S. The van der Waals surface area contributed by atoms with Gasteiger partial charge in [0.1, 0.15) is 11.9 Å². The highest BCUT2D eigenvalue weighted by atomic mass is 35.5. The summed E-state index contributed by atoms with van der Waals surface area (Å²) in [6.45, 7) is 2.44. The Morgan fingerprint density at radius 3 is 2.64 bits per heavy atom. The topological polar surface area (TPSA) is 81.6 Å². The summed E-state index contributed by atoms with van der Waals surface area (Å²) in [5, 5.41) is 0.415. The largest absolute Gasteiger partial charge is 0.496 e. The fourth-order valence-electron chi connectivity index (χ4n) is 2.68. The normalized spacial score (nSPS) is 18.3. The molecule has 2 heterocycles. The second-order valence-corrected chi connectivity index (χ2v) is 8.08. The molecule has 0 saturated carbocycles. The van der Waals surface area contributed by atoms with Crippen molar-refractivity contribution in [2.75, 3.05) is 20.2 Å². The molecule has 0 spiro atoms. The predicted molar refractivity (Wildman–Crippen MR) is 92.6 cm³/mol. The van der Waals surface area contributed by atoms with Crippen molar-refractivity contribution < 1.29 is 17.9 Å². The van der Waals surface area contributed by atoms with E-state index >= 15 is 0 Å². The third kappa shape index (κ3) is 3.86. The van der Waals surface area contributed by atoms with Crippen LogP contribution in [0.4, 0.5) is 0 Å². The average Bonchev–Trinajstić information content (AvgIpc) is 3.06. The molecule has 1 atom stereocenters. The van der Waals surface area contributed by atoms with Crippen LogP contribution in [0.5, 0.6) is 11.8 Å². The number of ether oxygens (including phenoxy) is 2. The average molecular weight is 384 g/mol. The lowest BCUT2D eigenvalue weighted by atomic mass is 10.2. The molecule has 1 unspecified atom stereocenters. The Morgan fingerprint density at radius 1 is 1.28 bits per heavy atom. The number of nitrogens with zero attached hydrogens (tertiary/aromatic N) is 3. The summed E-state index contributed by atoms with van der Waals surface area (Å²) in [5.41, 5.74) is 0.769. The van der Waals surface area contributed by atoms with Gasteiger partial charge in [-0.3, -0.25) is 0 Å². The molecule has 1 fully saturated rings. The molecule has 7 nitrogen and oxygen atoms in total. The number of halogens is 1. The number of benzene rings is 1. The predicted octanol–water partition coefficient (Wildman–Crippen LogP) is 2.29. The first-order valence-corrected chi connectivity index (χ1v) is 9.51. The fourth-order valence-corrected chi connectivity index (χ4v) is 4.35. The summed E-state index contributed by atoms with van der Waals surface area (Å²) in [7, 11) is -2.03. The monoisotopic (exact) mass is 383 g/mol. The third-order valence-corrected chi connectivity index (χ3v) is 6.04. The Labute approximate surface area is 151 Å². The third-order valence-electron chi connectivity index (χ3n) is 3.98. The van der Waals surface area contributed by atoms with E-state index in [1.807, 2.05) is 6.92 Å². The van der Waals surface area contributed by atoms with E-state index in [1.54, 1.807) is 25.3 Å². The second-order valence-electron chi connectivity index (χ2n) is 5.71. The van der Waals surface area contributed by atoms with E-state index in [0.717, 1.165) is 5.56 Å². The molecular weight excluding hydrogens is 366 g/mol. The molecule has 1 saturated heterocycles. The van der Waals surface area contributed by atoms with Crippen molar-refractivity contribution in [3.63, 3.8) is 0 Å². The number of sulfonamides is 1. The maximum absolute atomic E-state index is 12.8. The van der Waals surface area contributed by atoms with Crippen LogP contribution >= 0.6 is 11.6 Å². The summed E-state index contributed by atoms with van der Waals surface area (Å²) in [4.78, 5) is 8.19. The minimum atomic E-state index is -3.58. The van der Waals surface area contributed by atoms with Crippen molar-refractivity contribution in [3.8, 4) is 11.8 Å². The van der Waals surface area contributed by atoms with Crippen LogP contribution in [-0.2, 0) is 10.0 Å². The van der Waals surface area contributed by atoms with Gasteiger partial charge in [-0.05, 0) is 37.1 Å². The summed E-state index contributed by atoms with van der Waals surface area (Å²) >= 11 is 5.74. The van der Waals surface area contributed by atoms with Crippen LogP contribution in [0.15, 0.2) is 35.5 Å². The van der Waals surface area contributed by atoms with Crippen LogP contribution in [0.1, 0.15) is 12.0 Å². The number of aromatic nitrogens is 2. The van der Waals surface area contributed by atoms with Gasteiger partial charge >= 0.3 is 6.01 Å². The van der Waals surface area contributed by atoms with Crippen LogP contribution in [0.25, 0.3) is 0 Å². The van der Waals surface area contributed by atoms with E-state index in [4.69, 9.17) is 21.1 Å². The molecule has 1 aliphatic heterocycles. The smallest absolute Gasteiger partial charge is 0.316 e. The summed E-state index contributed by atoms with van der Waals surface area (Å²) in [5.74, 6) is 0.654. The highest BCUT2D eigenvalue weighted by Crippen LogP contribution is 2.26. The van der Waals surface area contributed by atoms with E-state index in [2.05, 4.69) is 9.97 Å². The number of hydrogen-bond acceptors (Lipinski definition) is 6. The lowest BCUT2D eigenvalue weighted by molar-refractivity contribution is 0.197. The van der Waals surface area contributed by atoms with E-state index < -0.39 is 10.0 Å². The first-order valence-electron chi connectivity index (χ1n) is 7.69. The SMILES string of the molecule is COc1ccc(S(=O)(=O)N2CCC(Oc3ncc(Cl)cn3)C2)cc1C. The van der Waals surface area contributed by atoms with Gasteiger partial charge in [0.15, 0.2) is 0 Å². The number of aryl methyl sites for hydroxylation is 1. The first-order chi connectivity index (χ1) is 11.9. The molecule has 0 N–H and O–H groups in total. The maximum Gasteiger partial charge on any atom is 0.316 e. The molecule has 0 aliphatic carbocycles. The Kier molecular flexibility index (Phi) is 5.12. The zero-order chi connectivity index (χ0) is 18.0. The van der Waals surface area contributed by atoms with Gasteiger partial charge in [-0.1, -0.05) is 11.6 Å². The van der Waals surface area contributed by atoms with Crippen LogP contribution in [0, 0.1) is 6.92 Å². The van der Waals surface area contributed by atoms with E-state index in [0.29, 0.717) is 23.7 Å². The summed E-state index contributed by atoms with van der Waals surface area (Å²) in [6, 6.07) is 5.02. The van der Waals surface area contributed by atoms with E-state index in [1.165, 1.54) is 16.7 Å². The summed E-state index contributed by atoms with van der Waals surface area (Å²) in [6.07, 6.45) is 3.15. The molecule has 3 rings (SSSR count). The minimum absolute atomic E-state index is 0.189. The lowest BCUT2D eigenvalue weighted by Crippen LogP contribution is -2.31. The van der Waals surface area contributed by atoms with Crippen molar-refractivity contribution in [3.05, 3.63) is 41.2 Å². The summed E-state index contributed by atoms with van der Waals surface area (Å²) < 4.78 is 37.9. The Balaban J connectivity index is 1.71. The van der Waals surface area contributed by atoms with Gasteiger partial charge in [-0.15, -0.1) is 0 Å². The molecule has 1 aromatic carbocycles. The molecule has 9 heteroatoms. The maximum atomic E-state index is 12.8. The van der Waals surface area contributed by atoms with Crippen LogP contribution in [-0.4, -0.2) is 49.0 Å².